The molecule has 2 unspecified atom stereocenters. The first-order chi connectivity index (χ1) is 6.68. The van der Waals surface area contributed by atoms with Crippen LogP contribution in [-0.4, -0.2) is 22.9 Å². The lowest BCUT2D eigenvalue weighted by molar-refractivity contribution is 0.614. The highest BCUT2D eigenvalue weighted by Crippen LogP contribution is 2.28. The van der Waals surface area contributed by atoms with Gasteiger partial charge in [0.25, 0.3) is 0 Å². The van der Waals surface area contributed by atoms with E-state index in [0.717, 1.165) is 13.1 Å². The Hall–Kier alpha value is -0.640. The molecule has 1 fully saturated rings. The van der Waals surface area contributed by atoms with Crippen molar-refractivity contribution in [2.24, 2.45) is 5.92 Å². The Morgan fingerprint density at radius 3 is 2.93 bits per heavy atom. The van der Waals surface area contributed by atoms with Crippen LogP contribution in [0.25, 0.3) is 0 Å². The molecule has 1 aliphatic rings. The molecule has 0 aromatic carbocycles. The van der Waals surface area contributed by atoms with E-state index >= 15 is 0 Å². The highest BCUT2D eigenvalue weighted by molar-refractivity contribution is 9.09. The molecule has 1 aromatic heterocycles. The fraction of sp³-hybridized carbons (Fsp3) is 0.500. The zero-order valence-electron chi connectivity index (χ0n) is 7.95. The molecule has 0 bridgehead atoms. The summed E-state index contributed by atoms with van der Waals surface area (Å²) >= 11 is 3.59. The number of pyridine rings is 1. The van der Waals surface area contributed by atoms with Gasteiger partial charge in [-0.15, -0.1) is 0 Å². The van der Waals surface area contributed by atoms with Crippen molar-refractivity contribution in [1.29, 1.82) is 0 Å². The molecular weight excluding hydrogens is 247 g/mol. The maximum absolute atomic E-state index is 13.4. The minimum atomic E-state index is -0.235. The van der Waals surface area contributed by atoms with E-state index in [4.69, 9.17) is 0 Å². The van der Waals surface area contributed by atoms with Crippen LogP contribution in [0.4, 0.5) is 10.1 Å². The van der Waals surface area contributed by atoms with Crippen molar-refractivity contribution in [1.82, 2.24) is 4.98 Å². The van der Waals surface area contributed by atoms with Crippen LogP contribution in [0.15, 0.2) is 18.5 Å². The topological polar surface area (TPSA) is 16.1 Å². The summed E-state index contributed by atoms with van der Waals surface area (Å²) in [6.07, 6.45) is 2.90. The van der Waals surface area contributed by atoms with E-state index in [1.54, 1.807) is 12.3 Å². The van der Waals surface area contributed by atoms with Crippen LogP contribution >= 0.6 is 15.9 Å². The average Bonchev–Trinajstić information content (AvgIpc) is 2.48. The molecule has 0 amide bonds. The molecule has 2 nitrogen and oxygen atoms in total. The van der Waals surface area contributed by atoms with E-state index in [2.05, 4.69) is 32.7 Å². The predicted molar refractivity (Wildman–Crippen MR) is 58.3 cm³/mol. The Kier molecular flexibility index (Phi) is 2.72. The zero-order valence-corrected chi connectivity index (χ0v) is 9.54. The average molecular weight is 259 g/mol. The lowest BCUT2D eigenvalue weighted by Crippen LogP contribution is -2.21. The molecule has 14 heavy (non-hydrogen) atoms. The Morgan fingerprint density at radius 2 is 2.36 bits per heavy atom. The number of aromatic nitrogens is 1. The van der Waals surface area contributed by atoms with Crippen LogP contribution < -0.4 is 4.90 Å². The van der Waals surface area contributed by atoms with E-state index in [9.17, 15) is 4.39 Å². The number of alkyl halides is 1. The van der Waals surface area contributed by atoms with Crippen molar-refractivity contribution >= 4 is 21.6 Å². The van der Waals surface area contributed by atoms with Crippen molar-refractivity contribution in [3.63, 3.8) is 0 Å². The number of hydrogen-bond donors (Lipinski definition) is 0. The van der Waals surface area contributed by atoms with Crippen molar-refractivity contribution in [3.8, 4) is 0 Å². The Bertz CT molecular complexity index is 322. The molecule has 76 valence electrons. The molecule has 0 saturated carbocycles. The van der Waals surface area contributed by atoms with E-state index in [1.807, 2.05) is 0 Å². The van der Waals surface area contributed by atoms with Gasteiger partial charge in [0.2, 0.25) is 0 Å². The minimum absolute atomic E-state index is 0.235. The molecule has 4 heteroatoms. The van der Waals surface area contributed by atoms with Crippen LogP contribution in [0.3, 0.4) is 0 Å². The van der Waals surface area contributed by atoms with Crippen molar-refractivity contribution in [2.75, 3.05) is 18.0 Å². The number of anilines is 1. The van der Waals surface area contributed by atoms with E-state index in [-0.39, 0.29) is 5.82 Å². The second-order valence-corrected chi connectivity index (χ2v) is 4.90. The van der Waals surface area contributed by atoms with Gasteiger partial charge in [-0.1, -0.05) is 22.9 Å². The van der Waals surface area contributed by atoms with Gasteiger partial charge in [0, 0.05) is 24.1 Å². The van der Waals surface area contributed by atoms with Crippen molar-refractivity contribution in [2.45, 2.75) is 11.8 Å². The van der Waals surface area contributed by atoms with Gasteiger partial charge in [-0.25, -0.2) is 4.39 Å². The van der Waals surface area contributed by atoms with E-state index in [0.29, 0.717) is 16.4 Å². The maximum Gasteiger partial charge on any atom is 0.164 e. The number of nitrogens with zero attached hydrogens (tertiary/aromatic N) is 2. The normalized spacial score (nSPS) is 26.9. The molecule has 0 radical (unpaired) electrons. The Labute approximate surface area is 91.3 Å². The third-order valence-electron chi connectivity index (χ3n) is 2.61. The maximum atomic E-state index is 13.4. The summed E-state index contributed by atoms with van der Waals surface area (Å²) in [6.45, 7) is 3.93. The fourth-order valence-corrected chi connectivity index (χ4v) is 2.26. The van der Waals surface area contributed by atoms with Gasteiger partial charge in [0.1, 0.15) is 0 Å². The van der Waals surface area contributed by atoms with Crippen molar-refractivity contribution in [3.05, 3.63) is 24.3 Å². The standard InChI is InChI=1S/C10H12BrFN2/c1-7-5-14(6-8(7)11)10-2-3-13-4-9(10)12/h2-4,7-8H,5-6H2,1H3. The first kappa shape index (κ1) is 9.90. The monoisotopic (exact) mass is 258 g/mol. The number of hydrogen-bond acceptors (Lipinski definition) is 2. The number of rotatable bonds is 1. The molecule has 0 N–H and O–H groups in total. The summed E-state index contributed by atoms with van der Waals surface area (Å²) < 4.78 is 13.4. The molecule has 1 saturated heterocycles. The van der Waals surface area contributed by atoms with Gasteiger partial charge >= 0.3 is 0 Å². The highest BCUT2D eigenvalue weighted by atomic mass is 79.9. The molecule has 0 aliphatic carbocycles. The summed E-state index contributed by atoms with van der Waals surface area (Å²) in [7, 11) is 0. The zero-order chi connectivity index (χ0) is 10.1. The Balaban J connectivity index is 2.21. The molecule has 2 heterocycles. The lowest BCUT2D eigenvalue weighted by atomic mass is 10.2. The summed E-state index contributed by atoms with van der Waals surface area (Å²) in [6, 6.07) is 1.73. The predicted octanol–water partition coefficient (Wildman–Crippen LogP) is 2.44. The van der Waals surface area contributed by atoms with Gasteiger partial charge in [-0.2, -0.15) is 0 Å². The fourth-order valence-electron chi connectivity index (χ4n) is 1.75. The van der Waals surface area contributed by atoms with Crippen LogP contribution in [0.1, 0.15) is 6.92 Å². The summed E-state index contributed by atoms with van der Waals surface area (Å²) in [5, 5.41) is 0. The number of halogens is 2. The van der Waals surface area contributed by atoms with Gasteiger partial charge in [-0.05, 0) is 12.0 Å². The summed E-state index contributed by atoms with van der Waals surface area (Å²) in [5.41, 5.74) is 0.661. The first-order valence-electron chi connectivity index (χ1n) is 4.67. The second-order valence-electron chi connectivity index (χ2n) is 3.73. The quantitative estimate of drug-likeness (QED) is 0.720. The summed E-state index contributed by atoms with van der Waals surface area (Å²) in [5.74, 6) is 0.323. The van der Waals surface area contributed by atoms with E-state index in [1.165, 1.54) is 6.20 Å². The van der Waals surface area contributed by atoms with Gasteiger partial charge < -0.3 is 4.90 Å². The molecule has 2 atom stereocenters. The Morgan fingerprint density at radius 1 is 1.57 bits per heavy atom. The van der Waals surface area contributed by atoms with Crippen LogP contribution in [0, 0.1) is 11.7 Å². The second kappa shape index (κ2) is 3.85. The third-order valence-corrected chi connectivity index (χ3v) is 3.80. The third kappa shape index (κ3) is 1.75. The largest absolute Gasteiger partial charge is 0.368 e. The molecule has 2 rings (SSSR count). The summed E-state index contributed by atoms with van der Waals surface area (Å²) in [4.78, 5) is 6.25. The first-order valence-corrected chi connectivity index (χ1v) is 5.58. The van der Waals surface area contributed by atoms with Gasteiger partial charge in [-0.3, -0.25) is 4.98 Å². The van der Waals surface area contributed by atoms with Crippen LogP contribution in [0.5, 0.6) is 0 Å². The molecule has 0 spiro atoms. The van der Waals surface area contributed by atoms with E-state index < -0.39 is 0 Å². The lowest BCUT2D eigenvalue weighted by Gasteiger charge is -2.18. The smallest absolute Gasteiger partial charge is 0.164 e. The highest BCUT2D eigenvalue weighted by Gasteiger charge is 2.28. The minimum Gasteiger partial charge on any atom is -0.368 e. The van der Waals surface area contributed by atoms with Gasteiger partial charge in [0.15, 0.2) is 5.82 Å². The molecule has 1 aromatic rings. The van der Waals surface area contributed by atoms with Crippen LogP contribution in [-0.2, 0) is 0 Å². The molecular formula is C10H12BrFN2. The van der Waals surface area contributed by atoms with Crippen LogP contribution in [0.2, 0.25) is 0 Å². The molecule has 1 aliphatic heterocycles. The van der Waals surface area contributed by atoms with Crippen molar-refractivity contribution < 1.29 is 4.39 Å². The SMILES string of the molecule is CC1CN(c2ccncc2F)CC1Br. The van der Waals surface area contributed by atoms with Gasteiger partial charge in [0.05, 0.1) is 11.9 Å².